The molecule has 1 aliphatic heterocycles. The smallest absolute Gasteiger partial charge is 0.231 e. The number of aliphatic hydroxyl groups excluding tert-OH is 1. The lowest BCUT2D eigenvalue weighted by Gasteiger charge is -2.35. The zero-order valence-electron chi connectivity index (χ0n) is 18.3. The molecule has 1 saturated heterocycles. The van der Waals surface area contributed by atoms with Gasteiger partial charge in [-0.3, -0.25) is 9.69 Å². The van der Waals surface area contributed by atoms with Crippen LogP contribution in [0.15, 0.2) is 30.6 Å². The van der Waals surface area contributed by atoms with Crippen molar-refractivity contribution in [2.75, 3.05) is 43.4 Å². The highest BCUT2D eigenvalue weighted by atomic mass is 19.1. The number of likely N-dealkylation sites (tertiary alicyclic amines) is 1. The Balaban J connectivity index is 1.66. The van der Waals surface area contributed by atoms with Gasteiger partial charge in [-0.2, -0.15) is 4.39 Å². The lowest BCUT2D eigenvalue weighted by atomic mass is 9.93. The summed E-state index contributed by atoms with van der Waals surface area (Å²) in [5, 5.41) is 13.4. The van der Waals surface area contributed by atoms with Crippen LogP contribution in [0.5, 0.6) is 0 Å². The Bertz CT molecular complexity index is 911. The quantitative estimate of drug-likeness (QED) is 0.585. The number of amides is 1. The van der Waals surface area contributed by atoms with E-state index in [1.165, 1.54) is 6.33 Å². The van der Waals surface area contributed by atoms with Crippen molar-refractivity contribution in [2.24, 2.45) is 11.7 Å². The Kier molecular flexibility index (Phi) is 7.40. The van der Waals surface area contributed by atoms with Crippen molar-refractivity contribution >= 4 is 17.5 Å². The van der Waals surface area contributed by atoms with E-state index in [1.54, 1.807) is 4.90 Å². The van der Waals surface area contributed by atoms with Gasteiger partial charge in [-0.15, -0.1) is 0 Å². The molecule has 1 fully saturated rings. The van der Waals surface area contributed by atoms with E-state index in [2.05, 4.69) is 15.3 Å². The zero-order valence-corrected chi connectivity index (χ0v) is 18.3. The molecule has 168 valence electrons. The number of hydrogen-bond donors (Lipinski definition) is 3. The van der Waals surface area contributed by atoms with Gasteiger partial charge in [-0.05, 0) is 37.9 Å². The van der Waals surface area contributed by atoms with Crippen molar-refractivity contribution < 1.29 is 14.3 Å². The second-order valence-corrected chi connectivity index (χ2v) is 8.20. The predicted octanol–water partition coefficient (Wildman–Crippen LogP) is 1.70. The third-order valence-corrected chi connectivity index (χ3v) is 6.04. The highest BCUT2D eigenvalue weighted by Gasteiger charge is 2.29. The summed E-state index contributed by atoms with van der Waals surface area (Å²) in [6.45, 7) is 5.56. The van der Waals surface area contributed by atoms with Crippen LogP contribution in [0, 0.1) is 18.7 Å². The number of aryl methyl sites for hydroxylation is 1. The number of carbonyl (C=O) groups excluding carboxylic acids is 1. The molecule has 0 spiro atoms. The third kappa shape index (κ3) is 5.48. The molecule has 0 bridgehead atoms. The number of nitrogens with zero attached hydrogens (tertiary/aromatic N) is 4. The minimum atomic E-state index is -0.631. The fraction of sp³-hybridized carbons (Fsp3) is 0.500. The molecule has 31 heavy (non-hydrogen) atoms. The zero-order chi connectivity index (χ0) is 22.5. The normalized spacial score (nSPS) is 20.3. The molecular weight excluding hydrogens is 399 g/mol. The molecule has 9 heteroatoms. The summed E-state index contributed by atoms with van der Waals surface area (Å²) in [6, 6.07) is 7.93. The summed E-state index contributed by atoms with van der Waals surface area (Å²) < 4.78 is 15.2. The monoisotopic (exact) mass is 430 g/mol. The Labute approximate surface area is 182 Å². The molecule has 2 aromatic rings. The number of hydrogen-bond acceptors (Lipinski definition) is 7. The molecule has 3 rings (SSSR count). The average Bonchev–Trinajstić information content (AvgIpc) is 2.73. The van der Waals surface area contributed by atoms with Crippen molar-refractivity contribution in [1.29, 1.82) is 0 Å². The minimum absolute atomic E-state index is 0.0742. The first-order chi connectivity index (χ1) is 14.8. The summed E-state index contributed by atoms with van der Waals surface area (Å²) in [5.74, 6) is -0.689. The molecule has 3 unspecified atom stereocenters. The molecule has 3 atom stereocenters. The van der Waals surface area contributed by atoms with E-state index in [4.69, 9.17) is 5.73 Å². The second kappa shape index (κ2) is 10.0. The van der Waals surface area contributed by atoms with E-state index >= 15 is 4.39 Å². The number of benzene rings is 1. The van der Waals surface area contributed by atoms with Crippen LogP contribution in [0.25, 0.3) is 0 Å². The number of nitrogens with two attached hydrogens (primary N) is 1. The topological polar surface area (TPSA) is 108 Å². The summed E-state index contributed by atoms with van der Waals surface area (Å²) in [7, 11) is 1.81. The first kappa shape index (κ1) is 22.9. The lowest BCUT2D eigenvalue weighted by molar-refractivity contribution is -0.120. The first-order valence-electron chi connectivity index (χ1n) is 10.5. The Morgan fingerprint density at radius 3 is 2.84 bits per heavy atom. The molecule has 8 nitrogen and oxygen atoms in total. The van der Waals surface area contributed by atoms with Crippen molar-refractivity contribution in [2.45, 2.75) is 32.4 Å². The number of aromatic nitrogens is 2. The molecule has 1 aromatic heterocycles. The molecule has 4 N–H and O–H groups in total. The molecule has 1 amide bonds. The molecule has 0 saturated carbocycles. The Morgan fingerprint density at radius 2 is 2.16 bits per heavy atom. The standard InChI is InChI=1S/C22H31FN6O2/c1-14-6-4-5-7-17(14)15(2)28(3)22-20(23)21(26-13-27-22)25-10-16-8-9-29(11-18(16)30)12-19(24)31/h4-7,13,15-16,18,30H,8-12H2,1-3H3,(H2,24,31)(H,25,26,27). The van der Waals surface area contributed by atoms with Crippen LogP contribution >= 0.6 is 0 Å². The van der Waals surface area contributed by atoms with Gasteiger partial charge in [0.25, 0.3) is 0 Å². The minimum Gasteiger partial charge on any atom is -0.391 e. The number of halogens is 1. The number of primary amides is 1. The average molecular weight is 431 g/mol. The fourth-order valence-electron chi connectivity index (χ4n) is 4.05. The maximum atomic E-state index is 15.2. The summed E-state index contributed by atoms with van der Waals surface area (Å²) in [6.07, 6.45) is 1.38. The number of β-amino-alcohol motifs (C(OH)–C–C–N with tert-alkyl or cyclic N) is 1. The van der Waals surface area contributed by atoms with E-state index < -0.39 is 17.8 Å². The van der Waals surface area contributed by atoms with Gasteiger partial charge in [-0.1, -0.05) is 24.3 Å². The van der Waals surface area contributed by atoms with Gasteiger partial charge in [0, 0.05) is 26.1 Å². The van der Waals surface area contributed by atoms with Crippen LogP contribution in [0.3, 0.4) is 0 Å². The summed E-state index contributed by atoms with van der Waals surface area (Å²) in [4.78, 5) is 22.9. The number of aliphatic hydroxyl groups is 1. The summed E-state index contributed by atoms with van der Waals surface area (Å²) in [5.41, 5.74) is 7.46. The van der Waals surface area contributed by atoms with Crippen LogP contribution in [0.4, 0.5) is 16.0 Å². The van der Waals surface area contributed by atoms with E-state index in [1.807, 2.05) is 50.1 Å². The molecule has 1 aliphatic rings. The van der Waals surface area contributed by atoms with Crippen molar-refractivity contribution in [3.05, 3.63) is 47.5 Å². The highest BCUT2D eigenvalue weighted by molar-refractivity contribution is 5.75. The molecule has 0 radical (unpaired) electrons. The van der Waals surface area contributed by atoms with Crippen LogP contribution < -0.4 is 16.0 Å². The molecule has 0 aliphatic carbocycles. The number of nitrogens with one attached hydrogen (secondary N) is 1. The van der Waals surface area contributed by atoms with E-state index in [9.17, 15) is 9.90 Å². The van der Waals surface area contributed by atoms with Crippen molar-refractivity contribution in [3.8, 4) is 0 Å². The number of carbonyl (C=O) groups is 1. The van der Waals surface area contributed by atoms with Crippen molar-refractivity contribution in [3.63, 3.8) is 0 Å². The van der Waals surface area contributed by atoms with Crippen molar-refractivity contribution in [1.82, 2.24) is 14.9 Å². The van der Waals surface area contributed by atoms with Gasteiger partial charge < -0.3 is 21.1 Å². The van der Waals surface area contributed by atoms with E-state index in [0.717, 1.165) is 11.1 Å². The van der Waals surface area contributed by atoms with Gasteiger partial charge in [-0.25, -0.2) is 9.97 Å². The predicted molar refractivity (Wildman–Crippen MR) is 118 cm³/mol. The van der Waals surface area contributed by atoms with Crippen LogP contribution in [-0.4, -0.2) is 65.2 Å². The summed E-state index contributed by atoms with van der Waals surface area (Å²) >= 11 is 0. The van der Waals surface area contributed by atoms with Gasteiger partial charge in [0.2, 0.25) is 11.7 Å². The number of anilines is 2. The number of rotatable bonds is 8. The van der Waals surface area contributed by atoms with Crippen LogP contribution in [0.1, 0.15) is 30.5 Å². The molecule has 2 heterocycles. The van der Waals surface area contributed by atoms with Crippen LogP contribution in [-0.2, 0) is 4.79 Å². The van der Waals surface area contributed by atoms with Gasteiger partial charge in [0.05, 0.1) is 18.7 Å². The maximum absolute atomic E-state index is 15.2. The highest BCUT2D eigenvalue weighted by Crippen LogP contribution is 2.29. The maximum Gasteiger partial charge on any atom is 0.231 e. The Morgan fingerprint density at radius 1 is 1.42 bits per heavy atom. The third-order valence-electron chi connectivity index (χ3n) is 6.04. The SMILES string of the molecule is Cc1ccccc1C(C)N(C)c1ncnc(NCC2CCN(CC(N)=O)CC2O)c1F. The fourth-order valence-corrected chi connectivity index (χ4v) is 4.05. The molecular formula is C22H31FN6O2. The van der Waals surface area contributed by atoms with Gasteiger partial charge >= 0.3 is 0 Å². The van der Waals surface area contributed by atoms with Crippen LogP contribution in [0.2, 0.25) is 0 Å². The number of piperidine rings is 1. The second-order valence-electron chi connectivity index (χ2n) is 8.20. The van der Waals surface area contributed by atoms with Gasteiger partial charge in [0.15, 0.2) is 11.6 Å². The first-order valence-corrected chi connectivity index (χ1v) is 10.5. The van der Waals surface area contributed by atoms with Gasteiger partial charge in [0.1, 0.15) is 6.33 Å². The molecule has 1 aromatic carbocycles. The van der Waals surface area contributed by atoms with E-state index in [0.29, 0.717) is 26.1 Å². The Hall–Kier alpha value is -2.78. The van der Waals surface area contributed by atoms with E-state index in [-0.39, 0.29) is 30.1 Å². The largest absolute Gasteiger partial charge is 0.391 e. The lowest BCUT2D eigenvalue weighted by Crippen LogP contribution is -2.48.